The van der Waals surface area contributed by atoms with Gasteiger partial charge in [-0.2, -0.15) is 0 Å². The van der Waals surface area contributed by atoms with Crippen molar-refractivity contribution >= 4 is 70.9 Å². The van der Waals surface area contributed by atoms with Crippen molar-refractivity contribution in [3.63, 3.8) is 0 Å². The first-order chi connectivity index (χ1) is 26.6. The van der Waals surface area contributed by atoms with Gasteiger partial charge in [0, 0.05) is 26.3 Å². The van der Waals surface area contributed by atoms with Crippen LogP contribution in [0.2, 0.25) is 0 Å². The fraction of sp³-hybridized carbons (Fsp3) is 0.647. The zero-order valence-corrected chi connectivity index (χ0v) is 32.1. The van der Waals surface area contributed by atoms with Crippen LogP contribution in [0.3, 0.4) is 0 Å². The summed E-state index contributed by atoms with van der Waals surface area (Å²) in [5.41, 5.74) is 5.34. The molecule has 318 valence electrons. The Morgan fingerprint density at radius 3 is 1.70 bits per heavy atom. The predicted octanol–water partition coefficient (Wildman–Crippen LogP) is -3.75. The third kappa shape index (κ3) is 17.0. The van der Waals surface area contributed by atoms with Gasteiger partial charge in [-0.25, -0.2) is 0 Å². The first kappa shape index (κ1) is 48.9. The summed E-state index contributed by atoms with van der Waals surface area (Å²) in [6.07, 6.45) is -2.18. The number of amides is 8. The molecule has 6 atom stereocenters. The molecule has 57 heavy (non-hydrogen) atoms. The second-order valence-electron chi connectivity index (χ2n) is 13.6. The van der Waals surface area contributed by atoms with Gasteiger partial charge in [0.1, 0.15) is 36.8 Å². The smallest absolute Gasteiger partial charge is 0.322 e. The van der Waals surface area contributed by atoms with Crippen molar-refractivity contribution in [1.29, 1.82) is 0 Å². The molecule has 0 aromatic carbocycles. The van der Waals surface area contributed by atoms with E-state index in [1.807, 2.05) is 5.32 Å². The van der Waals surface area contributed by atoms with E-state index in [1.165, 1.54) is 0 Å². The molecular formula is C34H52N8O15. The molecule has 11 N–H and O–H groups in total. The van der Waals surface area contributed by atoms with Crippen LogP contribution in [0.1, 0.15) is 85.5 Å². The summed E-state index contributed by atoms with van der Waals surface area (Å²) in [4.78, 5) is 150. The van der Waals surface area contributed by atoms with E-state index >= 15 is 0 Å². The summed E-state index contributed by atoms with van der Waals surface area (Å²) in [6, 6.07) is -8.77. The standard InChI is InChI=1S/C34H52N8O15/c1-5-7-18(28(51)33(56)36-15-26(49)50)38-32(55)22-8-6-13-42(22)34(57)27(16(2)3)41-31(54)21(14-23(35)44)40-30(53)20(10-12-25(47)48)39-29(52)19(37-17(4)43)9-11-24(45)46/h16,18-22,27H,5-15H2,1-4H3,(H2,35,44)(H,36,56)(H,37,43)(H,38,55)(H,39,52)(H,40,53)(H,41,54)(H,45,46)(H,47,48)(H,49,50)/t18-,19-,20-,21-,22-,27-/m0/s1. The van der Waals surface area contributed by atoms with E-state index in [1.54, 1.807) is 20.8 Å². The number of rotatable bonds is 25. The van der Waals surface area contributed by atoms with E-state index in [2.05, 4.69) is 26.6 Å². The topological polar surface area (TPSA) is 367 Å². The van der Waals surface area contributed by atoms with Gasteiger partial charge in [0.15, 0.2) is 0 Å². The molecule has 1 rings (SSSR count). The highest BCUT2D eigenvalue weighted by Crippen LogP contribution is 2.21. The van der Waals surface area contributed by atoms with Crippen LogP contribution < -0.4 is 37.6 Å². The van der Waals surface area contributed by atoms with Crippen LogP contribution in [0.4, 0.5) is 0 Å². The zero-order chi connectivity index (χ0) is 43.6. The molecule has 0 aromatic rings. The van der Waals surface area contributed by atoms with E-state index < -0.39 is 152 Å². The number of hydrogen-bond acceptors (Lipinski definition) is 12. The molecule has 0 bridgehead atoms. The molecule has 1 fully saturated rings. The van der Waals surface area contributed by atoms with Crippen LogP contribution >= 0.6 is 0 Å². The number of hydrogen-bond donors (Lipinski definition) is 10. The molecule has 0 aromatic heterocycles. The molecule has 1 aliphatic rings. The van der Waals surface area contributed by atoms with Gasteiger partial charge in [0.05, 0.1) is 12.5 Å². The average Bonchev–Trinajstić information content (AvgIpc) is 3.61. The largest absolute Gasteiger partial charge is 0.481 e. The fourth-order valence-corrected chi connectivity index (χ4v) is 5.75. The van der Waals surface area contributed by atoms with Gasteiger partial charge in [-0.3, -0.25) is 57.5 Å². The predicted molar refractivity (Wildman–Crippen MR) is 193 cm³/mol. The van der Waals surface area contributed by atoms with Gasteiger partial charge in [-0.1, -0.05) is 27.2 Å². The maximum atomic E-state index is 13.9. The molecule has 8 amide bonds. The Labute approximate surface area is 326 Å². The summed E-state index contributed by atoms with van der Waals surface area (Å²) in [5.74, 6) is -13.7. The third-order valence-corrected chi connectivity index (χ3v) is 8.56. The molecule has 1 heterocycles. The van der Waals surface area contributed by atoms with Gasteiger partial charge in [-0.15, -0.1) is 0 Å². The number of nitrogens with zero attached hydrogens (tertiary/aromatic N) is 1. The normalized spacial score (nSPS) is 16.1. The number of carbonyl (C=O) groups excluding carboxylic acids is 9. The summed E-state index contributed by atoms with van der Waals surface area (Å²) >= 11 is 0. The number of nitrogens with two attached hydrogens (primary N) is 1. The number of aliphatic carboxylic acids is 3. The SMILES string of the molecule is CCC[C@H](NC(=O)[C@@H]1CCCN1C(=O)[C@@H](NC(=O)[C@H](CC(N)=O)NC(=O)[C@H](CCC(=O)O)NC(=O)[C@H](CCC(=O)O)NC(C)=O)C(C)C)C(=O)C(=O)NCC(=O)O. The Kier molecular flexibility index (Phi) is 20.3. The van der Waals surface area contributed by atoms with Crippen LogP contribution in [0.15, 0.2) is 0 Å². The Morgan fingerprint density at radius 2 is 1.23 bits per heavy atom. The van der Waals surface area contributed by atoms with Gasteiger partial charge >= 0.3 is 17.9 Å². The number of likely N-dealkylation sites (tertiary alicyclic amines) is 1. The number of Topliss-reactive ketones (excluding diaryl/α,β-unsaturated/α-hetero) is 1. The highest BCUT2D eigenvalue weighted by atomic mass is 16.4. The van der Waals surface area contributed by atoms with Crippen molar-refractivity contribution in [2.24, 2.45) is 11.7 Å². The lowest BCUT2D eigenvalue weighted by Crippen LogP contribution is -2.61. The Morgan fingerprint density at radius 1 is 0.702 bits per heavy atom. The molecule has 0 aliphatic carbocycles. The lowest BCUT2D eigenvalue weighted by Gasteiger charge is -2.32. The van der Waals surface area contributed by atoms with Gasteiger partial charge in [0.25, 0.3) is 5.91 Å². The molecule has 0 radical (unpaired) electrons. The fourth-order valence-electron chi connectivity index (χ4n) is 5.75. The quantitative estimate of drug-likeness (QED) is 0.0396. The minimum Gasteiger partial charge on any atom is -0.481 e. The van der Waals surface area contributed by atoms with E-state index in [0.717, 1.165) is 11.8 Å². The summed E-state index contributed by atoms with van der Waals surface area (Å²) in [6.45, 7) is 5.05. The second kappa shape index (κ2) is 23.7. The lowest BCUT2D eigenvalue weighted by molar-refractivity contribution is -0.145. The van der Waals surface area contributed by atoms with Crippen LogP contribution in [0, 0.1) is 5.92 Å². The Balaban J connectivity index is 3.27. The van der Waals surface area contributed by atoms with Crippen LogP contribution in [-0.2, 0) is 57.5 Å². The zero-order valence-electron chi connectivity index (χ0n) is 32.1. The Bertz CT molecular complexity index is 1570. The Hall–Kier alpha value is -6.16. The van der Waals surface area contributed by atoms with Gasteiger partial charge < -0.3 is 57.9 Å². The molecule has 0 spiro atoms. The number of carbonyl (C=O) groups is 12. The molecule has 23 nitrogen and oxygen atoms in total. The van der Waals surface area contributed by atoms with Crippen molar-refractivity contribution < 1.29 is 72.9 Å². The van der Waals surface area contributed by atoms with E-state index in [9.17, 15) is 62.6 Å². The average molecular weight is 813 g/mol. The van der Waals surface area contributed by atoms with E-state index in [0.29, 0.717) is 12.8 Å². The maximum absolute atomic E-state index is 13.9. The van der Waals surface area contributed by atoms with Crippen LogP contribution in [0.5, 0.6) is 0 Å². The van der Waals surface area contributed by atoms with Crippen molar-refractivity contribution in [2.75, 3.05) is 13.1 Å². The molecular weight excluding hydrogens is 760 g/mol. The number of carboxylic acid groups (broad SMARTS) is 3. The minimum atomic E-state index is -1.78. The number of ketones is 1. The van der Waals surface area contributed by atoms with Crippen LogP contribution in [-0.4, -0.2) is 141 Å². The van der Waals surface area contributed by atoms with Crippen molar-refractivity contribution in [3.05, 3.63) is 0 Å². The molecule has 0 unspecified atom stereocenters. The highest BCUT2D eigenvalue weighted by Gasteiger charge is 2.41. The first-order valence-corrected chi connectivity index (χ1v) is 18.1. The van der Waals surface area contributed by atoms with Crippen molar-refractivity contribution in [2.45, 2.75) is 122 Å². The number of carboxylic acids is 3. The number of nitrogens with one attached hydrogen (secondary N) is 6. The van der Waals surface area contributed by atoms with Crippen LogP contribution in [0.25, 0.3) is 0 Å². The maximum Gasteiger partial charge on any atom is 0.322 e. The summed E-state index contributed by atoms with van der Waals surface area (Å²) in [5, 5.41) is 40.6. The number of primary amides is 1. The van der Waals surface area contributed by atoms with Gasteiger partial charge in [-0.05, 0) is 38.0 Å². The minimum absolute atomic E-state index is 0.0187. The first-order valence-electron chi connectivity index (χ1n) is 18.1. The second-order valence-corrected chi connectivity index (χ2v) is 13.6. The molecule has 23 heteroatoms. The summed E-state index contributed by atoms with van der Waals surface area (Å²) in [7, 11) is 0. The lowest BCUT2D eigenvalue weighted by atomic mass is 10.0. The van der Waals surface area contributed by atoms with E-state index in [-0.39, 0.29) is 19.4 Å². The van der Waals surface area contributed by atoms with Gasteiger partial charge in [0.2, 0.25) is 47.1 Å². The van der Waals surface area contributed by atoms with E-state index in [4.69, 9.17) is 15.9 Å². The highest BCUT2D eigenvalue weighted by molar-refractivity contribution is 6.38. The monoisotopic (exact) mass is 812 g/mol. The molecule has 1 saturated heterocycles. The third-order valence-electron chi connectivity index (χ3n) is 8.56. The summed E-state index contributed by atoms with van der Waals surface area (Å²) < 4.78 is 0. The molecule has 0 saturated carbocycles. The van der Waals surface area contributed by atoms with Crippen molar-refractivity contribution in [1.82, 2.24) is 36.8 Å². The van der Waals surface area contributed by atoms with Crippen molar-refractivity contribution in [3.8, 4) is 0 Å². The molecule has 1 aliphatic heterocycles.